The summed E-state index contributed by atoms with van der Waals surface area (Å²) in [5, 5.41) is 9.70. The first-order chi connectivity index (χ1) is 9.53. The van der Waals surface area contributed by atoms with Crippen LogP contribution in [0.25, 0.3) is 0 Å². The molecule has 0 radical (unpaired) electrons. The van der Waals surface area contributed by atoms with Gasteiger partial charge in [0.1, 0.15) is 0 Å². The Kier molecular flexibility index (Phi) is 5.44. The Hall–Kier alpha value is -0.610. The third-order valence-electron chi connectivity index (χ3n) is 5.39. The van der Waals surface area contributed by atoms with Crippen molar-refractivity contribution in [2.24, 2.45) is 17.3 Å². The van der Waals surface area contributed by atoms with E-state index in [0.717, 1.165) is 65.0 Å². The van der Waals surface area contributed by atoms with E-state index in [1.165, 1.54) is 0 Å². The molecule has 2 rings (SSSR count). The van der Waals surface area contributed by atoms with Gasteiger partial charge in [0.2, 0.25) is 0 Å². The molecule has 0 aromatic carbocycles. The highest BCUT2D eigenvalue weighted by Crippen LogP contribution is 2.44. The molecule has 20 heavy (non-hydrogen) atoms. The van der Waals surface area contributed by atoms with Gasteiger partial charge in [0.15, 0.2) is 0 Å². The molecule has 0 aromatic rings. The second-order valence-electron chi connectivity index (χ2n) is 6.87. The van der Waals surface area contributed by atoms with Crippen molar-refractivity contribution in [2.75, 3.05) is 32.8 Å². The van der Waals surface area contributed by atoms with Crippen LogP contribution < -0.4 is 0 Å². The van der Waals surface area contributed by atoms with Gasteiger partial charge in [-0.05, 0) is 50.5 Å². The lowest BCUT2D eigenvalue weighted by Gasteiger charge is -2.39. The first-order valence-electron chi connectivity index (χ1n) is 8.07. The summed E-state index contributed by atoms with van der Waals surface area (Å²) in [6.07, 6.45) is 4.67. The molecular formula is C16H29NO3. The zero-order valence-electron chi connectivity index (χ0n) is 12.9. The maximum absolute atomic E-state index is 11.8. The molecule has 4 nitrogen and oxygen atoms in total. The highest BCUT2D eigenvalue weighted by molar-refractivity contribution is 5.74. The third kappa shape index (κ3) is 3.73. The number of rotatable bonds is 5. The summed E-state index contributed by atoms with van der Waals surface area (Å²) in [6, 6.07) is 0. The Morgan fingerprint density at radius 1 is 1.30 bits per heavy atom. The quantitative estimate of drug-likeness (QED) is 0.842. The molecule has 2 aliphatic rings. The zero-order chi connectivity index (χ0) is 14.6. The van der Waals surface area contributed by atoms with Gasteiger partial charge in [-0.15, -0.1) is 0 Å². The summed E-state index contributed by atoms with van der Waals surface area (Å²) in [5.74, 6) is 0.819. The van der Waals surface area contributed by atoms with Crippen molar-refractivity contribution in [3.8, 4) is 0 Å². The number of morpholine rings is 1. The molecule has 1 heterocycles. The fourth-order valence-electron chi connectivity index (χ4n) is 3.63. The highest BCUT2D eigenvalue weighted by Gasteiger charge is 2.42. The standard InChI is InChI=1S/C16H29NO3/c1-13(2)14-3-5-16(6-4-14,15(18)19)7-8-17-9-11-20-12-10-17/h13-14H,3-12H2,1-2H3,(H,18,19). The van der Waals surface area contributed by atoms with E-state index in [2.05, 4.69) is 18.7 Å². The summed E-state index contributed by atoms with van der Waals surface area (Å²) < 4.78 is 5.35. The first kappa shape index (κ1) is 15.8. The largest absolute Gasteiger partial charge is 0.481 e. The fraction of sp³-hybridized carbons (Fsp3) is 0.938. The number of carboxylic acid groups (broad SMARTS) is 1. The Morgan fingerprint density at radius 2 is 1.90 bits per heavy atom. The van der Waals surface area contributed by atoms with Crippen molar-refractivity contribution >= 4 is 5.97 Å². The van der Waals surface area contributed by atoms with Crippen LogP contribution in [0.5, 0.6) is 0 Å². The van der Waals surface area contributed by atoms with E-state index in [1.54, 1.807) is 0 Å². The number of carbonyl (C=O) groups is 1. The van der Waals surface area contributed by atoms with Crippen molar-refractivity contribution in [3.05, 3.63) is 0 Å². The maximum Gasteiger partial charge on any atom is 0.309 e. The molecule has 0 aromatic heterocycles. The van der Waals surface area contributed by atoms with Crippen LogP contribution in [0.2, 0.25) is 0 Å². The van der Waals surface area contributed by atoms with Crippen molar-refractivity contribution in [1.29, 1.82) is 0 Å². The van der Waals surface area contributed by atoms with Crippen LogP contribution in [0.3, 0.4) is 0 Å². The van der Waals surface area contributed by atoms with Gasteiger partial charge < -0.3 is 9.84 Å². The smallest absolute Gasteiger partial charge is 0.309 e. The van der Waals surface area contributed by atoms with Gasteiger partial charge in [0.05, 0.1) is 18.6 Å². The van der Waals surface area contributed by atoms with Crippen LogP contribution in [0.1, 0.15) is 46.0 Å². The van der Waals surface area contributed by atoms with Crippen LogP contribution >= 0.6 is 0 Å². The van der Waals surface area contributed by atoms with Gasteiger partial charge in [-0.3, -0.25) is 9.69 Å². The first-order valence-corrected chi connectivity index (χ1v) is 8.07. The normalized spacial score (nSPS) is 32.5. The van der Waals surface area contributed by atoms with Crippen molar-refractivity contribution in [2.45, 2.75) is 46.0 Å². The van der Waals surface area contributed by atoms with Gasteiger partial charge >= 0.3 is 5.97 Å². The Balaban J connectivity index is 1.88. The molecule has 0 unspecified atom stereocenters. The number of hydrogen-bond acceptors (Lipinski definition) is 3. The van der Waals surface area contributed by atoms with Crippen molar-refractivity contribution in [3.63, 3.8) is 0 Å². The number of carboxylic acids is 1. The Bertz CT molecular complexity index is 316. The number of ether oxygens (including phenoxy) is 1. The molecule has 0 spiro atoms. The van der Waals surface area contributed by atoms with Crippen molar-refractivity contribution < 1.29 is 14.6 Å². The van der Waals surface area contributed by atoms with Crippen molar-refractivity contribution in [1.82, 2.24) is 4.90 Å². The van der Waals surface area contributed by atoms with Gasteiger partial charge in [-0.25, -0.2) is 0 Å². The van der Waals surface area contributed by atoms with E-state index in [-0.39, 0.29) is 0 Å². The summed E-state index contributed by atoms with van der Waals surface area (Å²) in [4.78, 5) is 14.1. The molecule has 0 amide bonds. The minimum absolute atomic E-state index is 0.469. The van der Waals surface area contributed by atoms with E-state index in [9.17, 15) is 9.90 Å². The zero-order valence-corrected chi connectivity index (χ0v) is 12.9. The van der Waals surface area contributed by atoms with E-state index in [4.69, 9.17) is 4.74 Å². The maximum atomic E-state index is 11.8. The molecule has 0 bridgehead atoms. The van der Waals surface area contributed by atoms with E-state index in [1.807, 2.05) is 0 Å². The van der Waals surface area contributed by atoms with Gasteiger partial charge in [0.25, 0.3) is 0 Å². The molecule has 4 heteroatoms. The topological polar surface area (TPSA) is 49.8 Å². The molecule has 116 valence electrons. The van der Waals surface area contributed by atoms with Crippen LogP contribution in [-0.2, 0) is 9.53 Å². The predicted molar refractivity (Wildman–Crippen MR) is 78.7 cm³/mol. The lowest BCUT2D eigenvalue weighted by Crippen LogP contribution is -2.42. The SMILES string of the molecule is CC(C)C1CCC(CCN2CCOCC2)(C(=O)O)CC1. The third-order valence-corrected chi connectivity index (χ3v) is 5.39. The second kappa shape index (κ2) is 6.90. The molecular weight excluding hydrogens is 254 g/mol. The van der Waals surface area contributed by atoms with Crippen LogP contribution in [0, 0.1) is 17.3 Å². The van der Waals surface area contributed by atoms with E-state index in [0.29, 0.717) is 11.8 Å². The molecule has 1 saturated carbocycles. The van der Waals surface area contributed by atoms with Crippen LogP contribution in [0.4, 0.5) is 0 Å². The van der Waals surface area contributed by atoms with Gasteiger partial charge in [-0.1, -0.05) is 13.8 Å². The minimum atomic E-state index is -0.576. The highest BCUT2D eigenvalue weighted by atomic mass is 16.5. The summed E-state index contributed by atoms with van der Waals surface area (Å²) in [6.45, 7) is 8.89. The Morgan fingerprint density at radius 3 is 2.40 bits per heavy atom. The second-order valence-corrected chi connectivity index (χ2v) is 6.87. The predicted octanol–water partition coefficient (Wildman–Crippen LogP) is 2.63. The Labute approximate surface area is 122 Å². The molecule has 1 N–H and O–H groups in total. The summed E-state index contributed by atoms with van der Waals surface area (Å²) in [5.41, 5.74) is -0.469. The monoisotopic (exact) mass is 283 g/mol. The minimum Gasteiger partial charge on any atom is -0.481 e. The molecule has 0 atom stereocenters. The molecule has 2 fully saturated rings. The lowest BCUT2D eigenvalue weighted by atomic mass is 9.66. The average Bonchev–Trinajstić information content (AvgIpc) is 2.46. The van der Waals surface area contributed by atoms with E-state index < -0.39 is 11.4 Å². The fourth-order valence-corrected chi connectivity index (χ4v) is 3.63. The molecule has 1 saturated heterocycles. The molecule has 1 aliphatic carbocycles. The average molecular weight is 283 g/mol. The van der Waals surface area contributed by atoms with Gasteiger partial charge in [-0.2, -0.15) is 0 Å². The van der Waals surface area contributed by atoms with Crippen LogP contribution in [0.15, 0.2) is 0 Å². The van der Waals surface area contributed by atoms with Crippen LogP contribution in [-0.4, -0.2) is 48.8 Å². The van der Waals surface area contributed by atoms with E-state index >= 15 is 0 Å². The lowest BCUT2D eigenvalue weighted by molar-refractivity contribution is -0.153. The summed E-state index contributed by atoms with van der Waals surface area (Å²) >= 11 is 0. The summed E-state index contributed by atoms with van der Waals surface area (Å²) in [7, 11) is 0. The number of nitrogens with zero attached hydrogens (tertiary/aromatic N) is 1. The van der Waals surface area contributed by atoms with Gasteiger partial charge in [0, 0.05) is 13.1 Å². The molecule has 1 aliphatic heterocycles. The number of hydrogen-bond donors (Lipinski definition) is 1. The number of aliphatic carboxylic acids is 1.